The highest BCUT2D eigenvalue weighted by Crippen LogP contribution is 2.39. The third-order valence-corrected chi connectivity index (χ3v) is 11.0. The number of hydrogen-bond acceptors (Lipinski definition) is 5. The number of furan rings is 1. The van der Waals surface area contributed by atoms with Crippen molar-refractivity contribution in [1.29, 1.82) is 0 Å². The molecule has 0 amide bonds. The average molecular weight is 656 g/mol. The molecule has 0 N–H and O–H groups in total. The first-order valence-electron chi connectivity index (χ1n) is 16.7. The molecule has 0 aliphatic carbocycles. The summed E-state index contributed by atoms with van der Waals surface area (Å²) >= 11 is 1.85. The molecule has 4 nitrogen and oxygen atoms in total. The maximum atomic E-state index is 6.43. The first-order valence-corrected chi connectivity index (χ1v) is 17.5. The zero-order valence-corrected chi connectivity index (χ0v) is 27.4. The van der Waals surface area contributed by atoms with Crippen LogP contribution in [0.2, 0.25) is 0 Å². The Bertz CT molecular complexity index is 3220. The lowest BCUT2D eigenvalue weighted by molar-refractivity contribution is 0.669. The average Bonchev–Trinajstić information content (AvgIpc) is 3.75. The van der Waals surface area contributed by atoms with E-state index >= 15 is 0 Å². The Labute approximate surface area is 289 Å². The Kier molecular flexibility index (Phi) is 5.80. The van der Waals surface area contributed by atoms with Gasteiger partial charge in [-0.25, -0.2) is 15.0 Å². The Morgan fingerprint density at radius 3 is 2.06 bits per heavy atom. The van der Waals surface area contributed by atoms with Crippen LogP contribution in [0, 0.1) is 0 Å². The molecule has 0 aliphatic rings. The van der Waals surface area contributed by atoms with Gasteiger partial charge in [-0.2, -0.15) is 0 Å². The van der Waals surface area contributed by atoms with Crippen molar-refractivity contribution in [3.8, 4) is 22.5 Å². The maximum Gasteiger partial charge on any atom is 0.164 e. The molecule has 5 heteroatoms. The van der Waals surface area contributed by atoms with Crippen LogP contribution in [-0.2, 0) is 0 Å². The van der Waals surface area contributed by atoms with Crippen LogP contribution >= 0.6 is 11.3 Å². The molecule has 0 spiro atoms. The first-order chi connectivity index (χ1) is 24.7. The summed E-state index contributed by atoms with van der Waals surface area (Å²) in [6.45, 7) is 0. The number of benzene rings is 7. The third-order valence-electron chi connectivity index (χ3n) is 9.88. The lowest BCUT2D eigenvalue weighted by Crippen LogP contribution is -1.94. The molecule has 0 aliphatic heterocycles. The standard InChI is InChI=1S/C45H25N3OS/c1-2-8-26(9-3-1)43-46-44-31-11-6-10-29(22-31)36-23-27(28-17-20-34-33-12-4-5-15-40(33)50-41(34)25-28)16-19-32(36)30-18-21-38-37(24-30)42-35(45(47-43)48-44)13-7-14-39(42)49-38/h1-25H. The second kappa shape index (κ2) is 10.5. The number of thiophene rings is 1. The van der Waals surface area contributed by atoms with Crippen molar-refractivity contribution in [3.63, 3.8) is 0 Å². The second-order valence-electron chi connectivity index (χ2n) is 12.8. The highest BCUT2D eigenvalue weighted by atomic mass is 32.1. The summed E-state index contributed by atoms with van der Waals surface area (Å²) in [6.07, 6.45) is 0. The van der Waals surface area contributed by atoms with Crippen LogP contribution in [-0.4, -0.2) is 15.0 Å². The van der Waals surface area contributed by atoms with Gasteiger partial charge in [-0.3, -0.25) is 0 Å². The number of aromatic nitrogens is 3. The van der Waals surface area contributed by atoms with Crippen LogP contribution in [0.15, 0.2) is 156 Å². The van der Waals surface area contributed by atoms with Crippen LogP contribution in [0.4, 0.5) is 0 Å². The zero-order chi connectivity index (χ0) is 32.8. The van der Waals surface area contributed by atoms with Crippen molar-refractivity contribution in [3.05, 3.63) is 152 Å². The van der Waals surface area contributed by atoms with E-state index in [9.17, 15) is 0 Å². The lowest BCUT2D eigenvalue weighted by atomic mass is 9.97. The predicted octanol–water partition coefficient (Wildman–Crippen LogP) is 12.6. The van der Waals surface area contributed by atoms with Crippen molar-refractivity contribution in [1.82, 2.24) is 15.0 Å². The summed E-state index contributed by atoms with van der Waals surface area (Å²) in [5.74, 6) is 0.635. The first kappa shape index (κ1) is 27.5. The Morgan fingerprint density at radius 2 is 1.12 bits per heavy atom. The van der Waals surface area contributed by atoms with Crippen molar-refractivity contribution in [2.45, 2.75) is 0 Å². The van der Waals surface area contributed by atoms with E-state index in [2.05, 4.69) is 109 Å². The maximum absolute atomic E-state index is 6.43. The highest BCUT2D eigenvalue weighted by Gasteiger charge is 2.14. The van der Waals surface area contributed by atoms with Crippen molar-refractivity contribution in [2.75, 3.05) is 0 Å². The molecule has 0 radical (unpaired) electrons. The highest BCUT2D eigenvalue weighted by molar-refractivity contribution is 7.25. The molecular formula is C45H25N3OS. The number of fused-ring (bicyclic) bond motifs is 13. The van der Waals surface area contributed by atoms with Crippen LogP contribution in [0.5, 0.6) is 0 Å². The summed E-state index contributed by atoms with van der Waals surface area (Å²) < 4.78 is 9.03. The minimum Gasteiger partial charge on any atom is -0.456 e. The molecule has 0 unspecified atom stereocenters. The molecule has 7 aromatic carbocycles. The molecule has 6 bridgehead atoms. The van der Waals surface area contributed by atoms with E-state index in [1.54, 1.807) is 0 Å². The minimum atomic E-state index is 0.619. The molecule has 11 rings (SSSR count). The summed E-state index contributed by atoms with van der Waals surface area (Å²) in [6, 6.07) is 53.7. The molecule has 0 saturated heterocycles. The number of nitrogens with zero attached hydrogens (tertiary/aromatic N) is 3. The van der Waals surface area contributed by atoms with E-state index < -0.39 is 0 Å². The van der Waals surface area contributed by atoms with E-state index in [0.717, 1.165) is 59.8 Å². The van der Waals surface area contributed by atoms with Crippen molar-refractivity contribution in [2.24, 2.45) is 0 Å². The molecule has 4 heterocycles. The fourth-order valence-corrected chi connectivity index (χ4v) is 8.61. The van der Waals surface area contributed by atoms with Crippen LogP contribution in [0.25, 0.3) is 108 Å². The molecule has 50 heavy (non-hydrogen) atoms. The monoisotopic (exact) mass is 655 g/mol. The number of hydrogen-bond donors (Lipinski definition) is 0. The summed E-state index contributed by atoms with van der Waals surface area (Å²) in [4.78, 5) is 15.2. The Hall–Kier alpha value is -6.43. The smallest absolute Gasteiger partial charge is 0.164 e. The van der Waals surface area contributed by atoms with Gasteiger partial charge in [0.05, 0.1) is 0 Å². The largest absolute Gasteiger partial charge is 0.456 e. The normalized spacial score (nSPS) is 12.0. The quantitative estimate of drug-likeness (QED) is 0.186. The van der Waals surface area contributed by atoms with Crippen molar-refractivity contribution < 1.29 is 4.42 Å². The lowest BCUT2D eigenvalue weighted by Gasteiger charge is -2.07. The van der Waals surface area contributed by atoms with Gasteiger partial charge < -0.3 is 4.42 Å². The zero-order valence-electron chi connectivity index (χ0n) is 26.6. The summed E-state index contributed by atoms with van der Waals surface area (Å²) in [5, 5.41) is 11.0. The second-order valence-corrected chi connectivity index (χ2v) is 13.9. The summed E-state index contributed by atoms with van der Waals surface area (Å²) in [5.41, 5.74) is 6.19. The van der Waals surface area contributed by atoms with Gasteiger partial charge in [0.2, 0.25) is 0 Å². The molecule has 0 saturated carbocycles. The van der Waals surface area contributed by atoms with Gasteiger partial charge in [-0.15, -0.1) is 11.3 Å². The molecule has 11 aromatic rings. The SMILES string of the molecule is c1ccc(-c2nc3nc(n2)c2cccc4oc5ccc(cc5c42)c2ccc(-c4ccc5c(c4)sc4ccccc45)cc2c2cccc3c2)cc1. The van der Waals surface area contributed by atoms with Crippen LogP contribution < -0.4 is 0 Å². The van der Waals surface area contributed by atoms with Gasteiger partial charge in [-0.1, -0.05) is 109 Å². The fourth-order valence-electron chi connectivity index (χ4n) is 7.47. The van der Waals surface area contributed by atoms with Gasteiger partial charge in [0.25, 0.3) is 0 Å². The van der Waals surface area contributed by atoms with E-state index in [4.69, 9.17) is 19.4 Å². The topological polar surface area (TPSA) is 51.8 Å². The van der Waals surface area contributed by atoms with E-state index in [1.165, 1.54) is 31.3 Å². The van der Waals surface area contributed by atoms with Crippen molar-refractivity contribution >= 4 is 97.1 Å². The van der Waals surface area contributed by atoms with E-state index in [0.29, 0.717) is 17.1 Å². The summed E-state index contributed by atoms with van der Waals surface area (Å²) in [7, 11) is 0. The Morgan fingerprint density at radius 1 is 0.380 bits per heavy atom. The van der Waals surface area contributed by atoms with E-state index in [1.807, 2.05) is 53.8 Å². The van der Waals surface area contributed by atoms with Gasteiger partial charge in [0, 0.05) is 47.3 Å². The van der Waals surface area contributed by atoms with Gasteiger partial charge in [0.15, 0.2) is 17.1 Å². The van der Waals surface area contributed by atoms with Gasteiger partial charge >= 0.3 is 0 Å². The fraction of sp³-hybridized carbons (Fsp3) is 0. The predicted molar refractivity (Wildman–Crippen MR) is 210 cm³/mol. The molecule has 4 aromatic heterocycles. The molecule has 232 valence electrons. The van der Waals surface area contributed by atoms with Gasteiger partial charge in [-0.05, 0) is 75.1 Å². The van der Waals surface area contributed by atoms with Crippen LogP contribution in [0.1, 0.15) is 0 Å². The number of rotatable bonds is 2. The van der Waals surface area contributed by atoms with Gasteiger partial charge in [0.1, 0.15) is 11.2 Å². The van der Waals surface area contributed by atoms with E-state index in [-0.39, 0.29) is 0 Å². The minimum absolute atomic E-state index is 0.619. The molecular weight excluding hydrogens is 631 g/mol. The van der Waals surface area contributed by atoms with Crippen LogP contribution in [0.3, 0.4) is 0 Å². The Balaban J connectivity index is 1.28. The molecule has 0 atom stereocenters. The third kappa shape index (κ3) is 4.20. The molecule has 0 fully saturated rings.